The van der Waals surface area contributed by atoms with Crippen molar-refractivity contribution in [3.05, 3.63) is 59.0 Å². The molecule has 1 aliphatic heterocycles. The summed E-state index contributed by atoms with van der Waals surface area (Å²) in [5.74, 6) is -0.295. The van der Waals surface area contributed by atoms with E-state index in [-0.39, 0.29) is 11.7 Å². The molecule has 1 aliphatic rings. The topological polar surface area (TPSA) is 79.6 Å². The van der Waals surface area contributed by atoms with Crippen LogP contribution < -0.4 is 10.2 Å². The molecule has 2 aromatic heterocycles. The molecule has 7 heteroatoms. The number of aromatic nitrogens is 3. The molecule has 0 spiro atoms. The number of nitrogens with zero attached hydrogens (tertiary/aromatic N) is 4. The van der Waals surface area contributed by atoms with Crippen molar-refractivity contribution in [3.8, 4) is 0 Å². The van der Waals surface area contributed by atoms with Gasteiger partial charge in [-0.3, -0.25) is 9.59 Å². The molecule has 0 bridgehead atoms. The number of hydrogen-bond acceptors (Lipinski definition) is 5. The van der Waals surface area contributed by atoms with Crippen molar-refractivity contribution in [2.75, 3.05) is 24.5 Å². The van der Waals surface area contributed by atoms with Crippen LogP contribution in [0.15, 0.2) is 36.5 Å². The molecule has 0 atom stereocenters. The minimum absolute atomic E-state index is 0.0716. The van der Waals surface area contributed by atoms with Crippen LogP contribution in [0.4, 0.5) is 5.69 Å². The van der Waals surface area contributed by atoms with Gasteiger partial charge in [-0.05, 0) is 44.7 Å². The van der Waals surface area contributed by atoms with Crippen LogP contribution in [0.1, 0.15) is 51.9 Å². The number of carbonyl (C=O) groups is 2. The number of ketones is 1. The first-order valence-corrected chi connectivity index (χ1v) is 10.0. The summed E-state index contributed by atoms with van der Waals surface area (Å²) in [5, 5.41) is 7.28. The van der Waals surface area contributed by atoms with Gasteiger partial charge in [0.05, 0.1) is 11.3 Å². The van der Waals surface area contributed by atoms with E-state index in [0.717, 1.165) is 25.9 Å². The highest BCUT2D eigenvalue weighted by atomic mass is 16.2. The zero-order valence-electron chi connectivity index (χ0n) is 16.8. The predicted octanol–water partition coefficient (Wildman–Crippen LogP) is 2.81. The van der Waals surface area contributed by atoms with Gasteiger partial charge in [-0.25, -0.2) is 9.50 Å². The highest BCUT2D eigenvalue weighted by Crippen LogP contribution is 2.26. The number of fused-ring (bicyclic) bond motifs is 2. The Hall–Kier alpha value is -3.22. The molecule has 0 aliphatic carbocycles. The minimum atomic E-state index is -0.224. The van der Waals surface area contributed by atoms with Crippen molar-refractivity contribution >= 4 is 23.0 Å². The molecule has 3 heterocycles. The zero-order valence-corrected chi connectivity index (χ0v) is 16.8. The Kier molecular flexibility index (Phi) is 5.29. The first-order chi connectivity index (χ1) is 14.0. The van der Waals surface area contributed by atoms with E-state index in [2.05, 4.69) is 44.6 Å². The maximum absolute atomic E-state index is 12.5. The molecule has 3 aromatic rings. The second-order valence-electron chi connectivity index (χ2n) is 7.44. The van der Waals surface area contributed by atoms with Gasteiger partial charge in [0.15, 0.2) is 17.1 Å². The summed E-state index contributed by atoms with van der Waals surface area (Å²) in [6, 6.07) is 10.2. The van der Waals surface area contributed by atoms with Crippen molar-refractivity contribution in [3.63, 3.8) is 0 Å². The SMILES string of the molecule is CC(=O)c1cnc2cc(C(=O)NCCCN3CCCc4ccccc43)nn2c1C. The second-order valence-corrected chi connectivity index (χ2v) is 7.44. The summed E-state index contributed by atoms with van der Waals surface area (Å²) in [4.78, 5) is 30.8. The van der Waals surface area contributed by atoms with Crippen LogP contribution in [0, 0.1) is 6.92 Å². The molecule has 0 fully saturated rings. The third kappa shape index (κ3) is 3.85. The molecule has 0 saturated heterocycles. The predicted molar refractivity (Wildman–Crippen MR) is 112 cm³/mol. The number of carbonyl (C=O) groups excluding carboxylic acids is 2. The molecular weight excluding hydrogens is 366 g/mol. The lowest BCUT2D eigenvalue weighted by molar-refractivity contribution is 0.0947. The van der Waals surface area contributed by atoms with E-state index in [0.29, 0.717) is 29.1 Å². The van der Waals surface area contributed by atoms with Gasteiger partial charge in [-0.2, -0.15) is 5.10 Å². The molecule has 1 amide bonds. The van der Waals surface area contributed by atoms with E-state index in [1.54, 1.807) is 17.5 Å². The quantitative estimate of drug-likeness (QED) is 0.516. The van der Waals surface area contributed by atoms with Gasteiger partial charge in [0.1, 0.15) is 0 Å². The van der Waals surface area contributed by atoms with E-state index in [1.165, 1.54) is 30.8 Å². The van der Waals surface area contributed by atoms with E-state index in [1.807, 2.05) is 0 Å². The Labute approximate surface area is 169 Å². The number of hydrogen-bond donors (Lipinski definition) is 1. The monoisotopic (exact) mass is 391 g/mol. The fourth-order valence-corrected chi connectivity index (χ4v) is 3.91. The van der Waals surface area contributed by atoms with Crippen LogP contribution in [-0.2, 0) is 6.42 Å². The number of aryl methyl sites for hydroxylation is 2. The summed E-state index contributed by atoms with van der Waals surface area (Å²) in [7, 11) is 0. The largest absolute Gasteiger partial charge is 0.371 e. The first kappa shape index (κ1) is 19.1. The Balaban J connectivity index is 1.36. The van der Waals surface area contributed by atoms with Crippen molar-refractivity contribution in [1.82, 2.24) is 19.9 Å². The molecular formula is C22H25N5O2. The van der Waals surface area contributed by atoms with E-state index < -0.39 is 0 Å². The van der Waals surface area contributed by atoms with Crippen molar-refractivity contribution in [1.29, 1.82) is 0 Å². The summed E-state index contributed by atoms with van der Waals surface area (Å²) in [5.41, 5.74) is 4.78. The Morgan fingerprint density at radius 3 is 2.90 bits per heavy atom. The Bertz CT molecular complexity index is 1070. The molecule has 7 nitrogen and oxygen atoms in total. The minimum Gasteiger partial charge on any atom is -0.371 e. The summed E-state index contributed by atoms with van der Waals surface area (Å²) in [6.45, 7) is 5.84. The normalized spacial score (nSPS) is 13.4. The smallest absolute Gasteiger partial charge is 0.271 e. The van der Waals surface area contributed by atoms with Gasteiger partial charge >= 0.3 is 0 Å². The summed E-state index contributed by atoms with van der Waals surface area (Å²) < 4.78 is 1.55. The lowest BCUT2D eigenvalue weighted by Crippen LogP contribution is -2.33. The fraction of sp³-hybridized carbons (Fsp3) is 0.364. The van der Waals surface area contributed by atoms with Crippen molar-refractivity contribution < 1.29 is 9.59 Å². The number of Topliss-reactive ketones (excluding diaryl/α,β-unsaturated/α-hetero) is 1. The Morgan fingerprint density at radius 2 is 2.07 bits per heavy atom. The lowest BCUT2D eigenvalue weighted by atomic mass is 10.0. The molecule has 1 aromatic carbocycles. The number of amides is 1. The Morgan fingerprint density at radius 1 is 1.24 bits per heavy atom. The molecule has 1 N–H and O–H groups in total. The van der Waals surface area contributed by atoms with Gasteiger partial charge in [-0.15, -0.1) is 0 Å². The highest BCUT2D eigenvalue weighted by molar-refractivity contribution is 5.95. The average molecular weight is 391 g/mol. The first-order valence-electron chi connectivity index (χ1n) is 10.0. The zero-order chi connectivity index (χ0) is 20.4. The third-order valence-corrected chi connectivity index (χ3v) is 5.43. The maximum atomic E-state index is 12.5. The van der Waals surface area contributed by atoms with Gasteiger partial charge < -0.3 is 10.2 Å². The van der Waals surface area contributed by atoms with Crippen molar-refractivity contribution in [2.24, 2.45) is 0 Å². The second kappa shape index (κ2) is 8.03. The van der Waals surface area contributed by atoms with Crippen LogP contribution in [0.25, 0.3) is 5.65 Å². The van der Waals surface area contributed by atoms with Crippen LogP contribution in [0.2, 0.25) is 0 Å². The van der Waals surface area contributed by atoms with Gasteiger partial charge in [-0.1, -0.05) is 18.2 Å². The average Bonchev–Trinajstić information content (AvgIpc) is 3.16. The third-order valence-electron chi connectivity index (χ3n) is 5.43. The molecule has 4 rings (SSSR count). The number of nitrogens with one attached hydrogen (secondary N) is 1. The number of benzene rings is 1. The van der Waals surface area contributed by atoms with Crippen LogP contribution in [0.3, 0.4) is 0 Å². The standard InChI is InChI=1S/C22H25N5O2/c1-15-18(16(2)28)14-24-21-13-19(25-27(15)21)22(29)23-10-6-12-26-11-5-8-17-7-3-4-9-20(17)26/h3-4,7,9,13-14H,5-6,8,10-12H2,1-2H3,(H,23,29). The molecule has 150 valence electrons. The molecule has 0 radical (unpaired) electrons. The van der Waals surface area contributed by atoms with E-state index >= 15 is 0 Å². The van der Waals surface area contributed by atoms with E-state index in [4.69, 9.17) is 0 Å². The van der Waals surface area contributed by atoms with Crippen LogP contribution in [-0.4, -0.2) is 45.9 Å². The summed E-state index contributed by atoms with van der Waals surface area (Å²) in [6.07, 6.45) is 4.70. The molecule has 0 unspecified atom stereocenters. The van der Waals surface area contributed by atoms with Crippen molar-refractivity contribution in [2.45, 2.75) is 33.1 Å². The highest BCUT2D eigenvalue weighted by Gasteiger charge is 2.17. The number of anilines is 1. The summed E-state index contributed by atoms with van der Waals surface area (Å²) >= 11 is 0. The number of para-hydroxylation sites is 1. The number of rotatable bonds is 6. The van der Waals surface area contributed by atoms with Gasteiger partial charge in [0.2, 0.25) is 0 Å². The maximum Gasteiger partial charge on any atom is 0.271 e. The fourth-order valence-electron chi connectivity index (χ4n) is 3.91. The molecule has 0 saturated carbocycles. The van der Waals surface area contributed by atoms with Gasteiger partial charge in [0.25, 0.3) is 5.91 Å². The van der Waals surface area contributed by atoms with E-state index in [9.17, 15) is 9.59 Å². The molecule has 29 heavy (non-hydrogen) atoms. The van der Waals surface area contributed by atoms with Crippen LogP contribution >= 0.6 is 0 Å². The van der Waals surface area contributed by atoms with Crippen LogP contribution in [0.5, 0.6) is 0 Å². The lowest BCUT2D eigenvalue weighted by Gasteiger charge is -2.31. The van der Waals surface area contributed by atoms with Gasteiger partial charge in [0, 0.05) is 37.6 Å².